The van der Waals surface area contributed by atoms with E-state index in [-0.39, 0.29) is 32.5 Å². The maximum absolute atomic E-state index is 14.0. The van der Waals surface area contributed by atoms with Crippen molar-refractivity contribution in [3.8, 4) is 11.8 Å². The standard InChI is InChI=1S/C26H28Cl2N2O4S/c1-26(2,3)12-11-17-15-21(22(35-17)25(33)34-5)30(20-8-6-7-13-29(4)24(20)32)23(31)18-10-9-16(27)14-19(18)28/h9-10,14-15,20H,6-8,13H2,1-5H3/t20-/m0/s1. The van der Waals surface area contributed by atoms with E-state index >= 15 is 0 Å². The van der Waals surface area contributed by atoms with Gasteiger partial charge in [0.1, 0.15) is 10.9 Å². The summed E-state index contributed by atoms with van der Waals surface area (Å²) in [6.45, 7) is 6.53. The predicted molar refractivity (Wildman–Crippen MR) is 141 cm³/mol. The number of benzene rings is 1. The molecule has 0 aliphatic carbocycles. The van der Waals surface area contributed by atoms with Crippen LogP contribution in [0.25, 0.3) is 0 Å². The third kappa shape index (κ3) is 6.38. The number of hydrogen-bond donors (Lipinski definition) is 0. The molecule has 0 N–H and O–H groups in total. The van der Waals surface area contributed by atoms with Crippen LogP contribution in [0.5, 0.6) is 0 Å². The fraction of sp³-hybridized carbons (Fsp3) is 0.423. The maximum Gasteiger partial charge on any atom is 0.350 e. The average molecular weight is 535 g/mol. The van der Waals surface area contributed by atoms with Gasteiger partial charge in [0.25, 0.3) is 5.91 Å². The van der Waals surface area contributed by atoms with Crippen molar-refractivity contribution in [3.05, 3.63) is 49.6 Å². The minimum atomic E-state index is -0.817. The van der Waals surface area contributed by atoms with Crippen LogP contribution < -0.4 is 4.90 Å². The van der Waals surface area contributed by atoms with Crippen LogP contribution in [0.3, 0.4) is 0 Å². The SMILES string of the molecule is COC(=O)c1sc(C#CC(C)(C)C)cc1N(C(=O)c1ccc(Cl)cc1Cl)[C@H]1CCCCN(C)C1=O. The molecule has 6 nitrogen and oxygen atoms in total. The summed E-state index contributed by atoms with van der Waals surface area (Å²) in [6.07, 6.45) is 2.01. The summed E-state index contributed by atoms with van der Waals surface area (Å²) in [5.41, 5.74) is 0.201. The van der Waals surface area contributed by atoms with Gasteiger partial charge in [-0.2, -0.15) is 0 Å². The molecule has 0 radical (unpaired) electrons. The van der Waals surface area contributed by atoms with Crippen molar-refractivity contribution >= 4 is 58.0 Å². The first-order chi connectivity index (χ1) is 16.4. The summed E-state index contributed by atoms with van der Waals surface area (Å²) in [7, 11) is 2.99. The van der Waals surface area contributed by atoms with Gasteiger partial charge in [0, 0.05) is 24.0 Å². The lowest BCUT2D eigenvalue weighted by molar-refractivity contribution is -0.130. The first-order valence-corrected chi connectivity index (χ1v) is 12.8. The summed E-state index contributed by atoms with van der Waals surface area (Å²) in [6, 6.07) is 5.42. The van der Waals surface area contributed by atoms with Crippen molar-refractivity contribution in [1.29, 1.82) is 0 Å². The Labute approximate surface area is 220 Å². The van der Waals surface area contributed by atoms with Crippen molar-refractivity contribution in [1.82, 2.24) is 4.90 Å². The minimum Gasteiger partial charge on any atom is -0.465 e. The molecule has 2 amide bonds. The molecule has 0 unspecified atom stereocenters. The molecule has 1 aliphatic heterocycles. The number of carbonyl (C=O) groups excluding carboxylic acids is 3. The Morgan fingerprint density at radius 1 is 1.20 bits per heavy atom. The first-order valence-electron chi connectivity index (χ1n) is 11.2. The first kappa shape index (κ1) is 27.1. The Morgan fingerprint density at radius 2 is 1.91 bits per heavy atom. The molecule has 0 spiro atoms. The summed E-state index contributed by atoms with van der Waals surface area (Å²) < 4.78 is 5.02. The van der Waals surface area contributed by atoms with E-state index in [1.54, 1.807) is 24.1 Å². The molecule has 1 aliphatic rings. The number of likely N-dealkylation sites (tertiary alicyclic amines) is 1. The van der Waals surface area contributed by atoms with Gasteiger partial charge in [0.15, 0.2) is 0 Å². The number of methoxy groups -OCH3 is 1. The van der Waals surface area contributed by atoms with Crippen molar-refractivity contribution < 1.29 is 19.1 Å². The Balaban J connectivity index is 2.24. The highest BCUT2D eigenvalue weighted by atomic mass is 35.5. The number of nitrogens with zero attached hydrogens (tertiary/aromatic N) is 2. The van der Waals surface area contributed by atoms with Crippen molar-refractivity contribution in [2.75, 3.05) is 25.6 Å². The van der Waals surface area contributed by atoms with Crippen LogP contribution in [0.1, 0.15) is 64.9 Å². The van der Waals surface area contributed by atoms with Gasteiger partial charge in [-0.25, -0.2) is 4.79 Å². The Bertz CT molecular complexity index is 1210. The van der Waals surface area contributed by atoms with Crippen LogP contribution in [-0.2, 0) is 9.53 Å². The van der Waals surface area contributed by atoms with Gasteiger partial charge in [-0.3, -0.25) is 14.5 Å². The number of thiophene rings is 1. The zero-order chi connectivity index (χ0) is 25.9. The van der Waals surface area contributed by atoms with Crippen LogP contribution in [0.2, 0.25) is 10.0 Å². The van der Waals surface area contributed by atoms with E-state index in [9.17, 15) is 14.4 Å². The number of carbonyl (C=O) groups is 3. The van der Waals surface area contributed by atoms with Crippen LogP contribution in [-0.4, -0.2) is 49.4 Å². The van der Waals surface area contributed by atoms with E-state index < -0.39 is 17.9 Å². The average Bonchev–Trinajstić information content (AvgIpc) is 3.14. The van der Waals surface area contributed by atoms with Gasteiger partial charge >= 0.3 is 5.97 Å². The highest BCUT2D eigenvalue weighted by Crippen LogP contribution is 2.36. The molecule has 35 heavy (non-hydrogen) atoms. The normalized spacial score (nSPS) is 16.3. The Morgan fingerprint density at radius 3 is 2.54 bits per heavy atom. The summed E-state index contributed by atoms with van der Waals surface area (Å²) >= 11 is 13.6. The number of hydrogen-bond acceptors (Lipinski definition) is 5. The molecule has 1 atom stereocenters. The van der Waals surface area contributed by atoms with Crippen LogP contribution in [0.4, 0.5) is 5.69 Å². The van der Waals surface area contributed by atoms with E-state index in [0.29, 0.717) is 22.9 Å². The number of likely N-dealkylation sites (N-methyl/N-ethyl adjacent to an activating group) is 1. The van der Waals surface area contributed by atoms with E-state index in [1.807, 2.05) is 20.8 Å². The van der Waals surface area contributed by atoms with E-state index in [2.05, 4.69) is 11.8 Å². The minimum absolute atomic E-state index is 0.157. The van der Waals surface area contributed by atoms with Crippen molar-refractivity contribution in [2.24, 2.45) is 5.41 Å². The number of rotatable bonds is 4. The van der Waals surface area contributed by atoms with E-state index in [4.69, 9.17) is 27.9 Å². The molecule has 0 bridgehead atoms. The quantitative estimate of drug-likeness (QED) is 0.362. The summed E-state index contributed by atoms with van der Waals surface area (Å²) in [4.78, 5) is 43.9. The number of ether oxygens (including phenoxy) is 1. The highest BCUT2D eigenvalue weighted by Gasteiger charge is 2.38. The second-order valence-electron chi connectivity index (χ2n) is 9.39. The smallest absolute Gasteiger partial charge is 0.350 e. The van der Waals surface area contributed by atoms with Crippen molar-refractivity contribution in [3.63, 3.8) is 0 Å². The summed E-state index contributed by atoms with van der Waals surface area (Å²) in [5, 5.41) is 0.540. The van der Waals surface area contributed by atoms with Gasteiger partial charge in [-0.1, -0.05) is 35.0 Å². The molecule has 1 aromatic heterocycles. The fourth-order valence-corrected chi connectivity index (χ4v) is 5.15. The molecule has 186 valence electrons. The summed E-state index contributed by atoms with van der Waals surface area (Å²) in [5.74, 6) is 4.93. The zero-order valence-electron chi connectivity index (χ0n) is 20.4. The lowest BCUT2D eigenvalue weighted by Crippen LogP contribution is -2.49. The monoisotopic (exact) mass is 534 g/mol. The van der Waals surface area contributed by atoms with Gasteiger partial charge < -0.3 is 9.64 Å². The lowest BCUT2D eigenvalue weighted by atomic mass is 9.98. The molecular weight excluding hydrogens is 507 g/mol. The van der Waals surface area contributed by atoms with Gasteiger partial charge in [0.2, 0.25) is 5.91 Å². The zero-order valence-corrected chi connectivity index (χ0v) is 22.7. The number of esters is 1. The molecule has 0 saturated carbocycles. The van der Waals surface area contributed by atoms with E-state index in [1.165, 1.54) is 24.1 Å². The van der Waals surface area contributed by atoms with Gasteiger partial charge in [-0.05, 0) is 64.3 Å². The molecule has 3 rings (SSSR count). The largest absolute Gasteiger partial charge is 0.465 e. The Kier molecular flexibility index (Phi) is 8.53. The number of amides is 2. The fourth-order valence-electron chi connectivity index (χ4n) is 3.74. The van der Waals surface area contributed by atoms with Gasteiger partial charge in [-0.15, -0.1) is 11.3 Å². The topological polar surface area (TPSA) is 66.9 Å². The van der Waals surface area contributed by atoms with Crippen LogP contribution in [0.15, 0.2) is 24.3 Å². The maximum atomic E-state index is 14.0. The number of halogens is 2. The van der Waals surface area contributed by atoms with Gasteiger partial charge in [0.05, 0.1) is 28.3 Å². The molecule has 9 heteroatoms. The third-order valence-electron chi connectivity index (χ3n) is 5.48. The second-order valence-corrected chi connectivity index (χ2v) is 11.3. The molecule has 2 aromatic rings. The molecule has 2 heterocycles. The second kappa shape index (κ2) is 11.0. The molecule has 1 aromatic carbocycles. The Hall–Kier alpha value is -2.53. The molecule has 1 saturated heterocycles. The lowest BCUT2D eigenvalue weighted by Gasteiger charge is -2.32. The molecular formula is C26H28Cl2N2O4S. The third-order valence-corrected chi connectivity index (χ3v) is 7.05. The van der Waals surface area contributed by atoms with E-state index in [0.717, 1.165) is 24.2 Å². The predicted octanol–water partition coefficient (Wildman–Crippen LogP) is 5.90. The van der Waals surface area contributed by atoms with Crippen molar-refractivity contribution in [2.45, 2.75) is 46.1 Å². The van der Waals surface area contributed by atoms with Crippen LogP contribution in [0, 0.1) is 17.3 Å². The number of anilines is 1. The highest BCUT2D eigenvalue weighted by molar-refractivity contribution is 7.15. The van der Waals surface area contributed by atoms with Crippen LogP contribution >= 0.6 is 34.5 Å². The molecule has 1 fully saturated rings.